The molecule has 0 spiro atoms. The van der Waals surface area contributed by atoms with Crippen molar-refractivity contribution in [2.24, 2.45) is 0 Å². The first kappa shape index (κ1) is 14.1. The van der Waals surface area contributed by atoms with Gasteiger partial charge in [-0.15, -0.1) is 0 Å². The highest BCUT2D eigenvalue weighted by molar-refractivity contribution is 5.94. The molecule has 5 nitrogen and oxygen atoms in total. The first-order valence-corrected chi connectivity index (χ1v) is 4.64. The molecule has 0 N–H and O–H groups in total. The molecule has 0 amide bonds. The number of hydrogen-bond acceptors (Lipinski definition) is 5. The van der Waals surface area contributed by atoms with E-state index in [1.165, 1.54) is 19.1 Å². The van der Waals surface area contributed by atoms with Crippen LogP contribution in [0.25, 0.3) is 0 Å². The number of carbonyl (C=O) groups is 3. The molecule has 0 aromatic carbocycles. The van der Waals surface area contributed by atoms with Gasteiger partial charge >= 0.3 is 11.9 Å². The summed E-state index contributed by atoms with van der Waals surface area (Å²) in [5.41, 5.74) is 0. The van der Waals surface area contributed by atoms with Crippen molar-refractivity contribution in [3.8, 4) is 0 Å². The van der Waals surface area contributed by atoms with Crippen molar-refractivity contribution in [2.45, 2.75) is 26.6 Å². The lowest BCUT2D eigenvalue weighted by molar-refractivity contribution is -0.176. The van der Waals surface area contributed by atoms with E-state index in [0.717, 1.165) is 6.08 Å². The maximum absolute atomic E-state index is 11.1. The van der Waals surface area contributed by atoms with E-state index >= 15 is 0 Å². The molecule has 0 aromatic rings. The van der Waals surface area contributed by atoms with Crippen LogP contribution in [0.15, 0.2) is 24.8 Å². The van der Waals surface area contributed by atoms with Gasteiger partial charge in [-0.3, -0.25) is 9.59 Å². The first-order chi connectivity index (χ1) is 7.49. The van der Waals surface area contributed by atoms with Gasteiger partial charge in [-0.05, 0) is 19.9 Å². The zero-order valence-electron chi connectivity index (χ0n) is 9.26. The number of carbonyl (C=O) groups excluding carboxylic acids is 3. The molecule has 1 unspecified atom stereocenters. The molecule has 0 saturated heterocycles. The van der Waals surface area contributed by atoms with Gasteiger partial charge in [0, 0.05) is 6.08 Å². The highest BCUT2D eigenvalue weighted by atomic mass is 16.7. The number of ketones is 1. The van der Waals surface area contributed by atoms with Crippen molar-refractivity contribution in [2.75, 3.05) is 0 Å². The smallest absolute Gasteiger partial charge is 0.333 e. The second kappa shape index (κ2) is 7.39. The van der Waals surface area contributed by atoms with Gasteiger partial charge in [-0.2, -0.15) is 0 Å². The molecule has 0 aliphatic heterocycles. The zero-order chi connectivity index (χ0) is 12.6. The van der Waals surface area contributed by atoms with E-state index in [2.05, 4.69) is 11.3 Å². The summed E-state index contributed by atoms with van der Waals surface area (Å²) >= 11 is 0. The molecular formula is C11H14O5. The maximum atomic E-state index is 11.1. The van der Waals surface area contributed by atoms with E-state index in [-0.39, 0.29) is 12.2 Å². The summed E-state index contributed by atoms with van der Waals surface area (Å²) in [4.78, 5) is 32.7. The van der Waals surface area contributed by atoms with Gasteiger partial charge in [0.2, 0.25) is 0 Å². The predicted molar refractivity (Wildman–Crippen MR) is 56.3 cm³/mol. The average molecular weight is 226 g/mol. The topological polar surface area (TPSA) is 69.7 Å². The third kappa shape index (κ3) is 6.53. The van der Waals surface area contributed by atoms with Crippen LogP contribution >= 0.6 is 0 Å². The molecule has 5 heteroatoms. The summed E-state index contributed by atoms with van der Waals surface area (Å²) < 4.78 is 9.37. The molecular weight excluding hydrogens is 212 g/mol. The fourth-order valence-corrected chi connectivity index (χ4v) is 0.785. The minimum atomic E-state index is -1.17. The van der Waals surface area contributed by atoms with Crippen LogP contribution in [0.5, 0.6) is 0 Å². The lowest BCUT2D eigenvalue weighted by Crippen LogP contribution is -2.22. The predicted octanol–water partition coefficient (Wildman–Crippen LogP) is 1.14. The Hall–Kier alpha value is -1.91. The number of Topliss-reactive ketones (excluding diaryl/α,β-unsaturated/α-hetero) is 1. The Bertz CT molecular complexity index is 316. The van der Waals surface area contributed by atoms with Crippen LogP contribution in [0.4, 0.5) is 0 Å². The number of ether oxygens (including phenoxy) is 2. The van der Waals surface area contributed by atoms with E-state index in [1.807, 2.05) is 0 Å². The Morgan fingerprint density at radius 3 is 2.38 bits per heavy atom. The third-order valence-corrected chi connectivity index (χ3v) is 1.37. The number of allylic oxidation sites excluding steroid dienone is 1. The summed E-state index contributed by atoms with van der Waals surface area (Å²) in [6.45, 7) is 6.25. The number of esters is 2. The summed E-state index contributed by atoms with van der Waals surface area (Å²) in [6, 6.07) is 0. The van der Waals surface area contributed by atoms with Crippen molar-refractivity contribution < 1.29 is 23.9 Å². The summed E-state index contributed by atoms with van der Waals surface area (Å²) in [5.74, 6) is -1.73. The molecule has 88 valence electrons. The van der Waals surface area contributed by atoms with Crippen LogP contribution in [-0.4, -0.2) is 24.0 Å². The Labute approximate surface area is 93.7 Å². The molecule has 16 heavy (non-hydrogen) atoms. The lowest BCUT2D eigenvalue weighted by Gasteiger charge is -2.12. The van der Waals surface area contributed by atoms with Gasteiger partial charge in [0.1, 0.15) is 12.2 Å². The van der Waals surface area contributed by atoms with Gasteiger partial charge in [-0.1, -0.05) is 12.7 Å². The minimum absolute atomic E-state index is 0.326. The first-order valence-electron chi connectivity index (χ1n) is 4.64. The molecule has 0 aromatic heterocycles. The van der Waals surface area contributed by atoms with Crippen molar-refractivity contribution in [1.82, 2.24) is 0 Å². The molecule has 0 heterocycles. The van der Waals surface area contributed by atoms with Gasteiger partial charge < -0.3 is 9.47 Å². The molecule has 1 atom stereocenters. The Kier molecular flexibility index (Phi) is 6.51. The van der Waals surface area contributed by atoms with E-state index in [0.29, 0.717) is 0 Å². The Balaban J connectivity index is 4.20. The van der Waals surface area contributed by atoms with Gasteiger partial charge in [0.25, 0.3) is 6.29 Å². The van der Waals surface area contributed by atoms with Gasteiger partial charge in [-0.25, -0.2) is 4.79 Å². The maximum Gasteiger partial charge on any atom is 0.333 e. The van der Waals surface area contributed by atoms with Crippen molar-refractivity contribution in [1.29, 1.82) is 0 Å². The van der Waals surface area contributed by atoms with E-state index in [4.69, 9.17) is 4.74 Å². The summed E-state index contributed by atoms with van der Waals surface area (Å²) in [5, 5.41) is 0. The summed E-state index contributed by atoms with van der Waals surface area (Å²) in [7, 11) is 0. The van der Waals surface area contributed by atoms with Crippen LogP contribution in [0.1, 0.15) is 20.3 Å². The molecule has 0 fully saturated rings. The van der Waals surface area contributed by atoms with Crippen molar-refractivity contribution in [3.05, 3.63) is 24.8 Å². The molecule has 0 radical (unpaired) electrons. The monoisotopic (exact) mass is 226 g/mol. The van der Waals surface area contributed by atoms with Crippen LogP contribution in [0, 0.1) is 0 Å². The van der Waals surface area contributed by atoms with Crippen LogP contribution in [0.2, 0.25) is 0 Å². The van der Waals surface area contributed by atoms with E-state index in [9.17, 15) is 14.4 Å². The minimum Gasteiger partial charge on any atom is -0.421 e. The number of hydrogen-bond donors (Lipinski definition) is 0. The second-order valence-corrected chi connectivity index (χ2v) is 2.91. The lowest BCUT2D eigenvalue weighted by atomic mass is 10.3. The third-order valence-electron chi connectivity index (χ3n) is 1.37. The number of rotatable bonds is 6. The van der Waals surface area contributed by atoms with Crippen LogP contribution in [0.3, 0.4) is 0 Å². The molecule has 0 aliphatic carbocycles. The van der Waals surface area contributed by atoms with Crippen molar-refractivity contribution in [3.63, 3.8) is 0 Å². The fraction of sp³-hybridized carbons (Fsp3) is 0.364. The Morgan fingerprint density at radius 2 is 1.94 bits per heavy atom. The van der Waals surface area contributed by atoms with E-state index in [1.54, 1.807) is 6.92 Å². The average Bonchev–Trinajstić information content (AvgIpc) is 2.15. The Morgan fingerprint density at radius 1 is 1.31 bits per heavy atom. The molecule has 0 saturated carbocycles. The largest absolute Gasteiger partial charge is 0.421 e. The standard InChI is InChI=1S/C11H14O5/c1-4-6-9(13)15-11(5-2)16-10(14)7-8(3)12/h4-6,11H,2,7H2,1,3H3/b6-4+. The van der Waals surface area contributed by atoms with Crippen LogP contribution in [-0.2, 0) is 23.9 Å². The van der Waals surface area contributed by atoms with Gasteiger partial charge in [0.05, 0.1) is 0 Å². The van der Waals surface area contributed by atoms with Crippen molar-refractivity contribution >= 4 is 17.7 Å². The molecule has 0 rings (SSSR count). The highest BCUT2D eigenvalue weighted by Crippen LogP contribution is 2.01. The SMILES string of the molecule is C=CC(OC(=O)/C=C/C)OC(=O)CC(C)=O. The molecule has 0 aliphatic rings. The normalized spacial score (nSPS) is 11.9. The highest BCUT2D eigenvalue weighted by Gasteiger charge is 2.15. The summed E-state index contributed by atoms with van der Waals surface area (Å²) in [6.07, 6.45) is 2.29. The van der Waals surface area contributed by atoms with E-state index < -0.39 is 18.2 Å². The quantitative estimate of drug-likeness (QED) is 0.223. The second-order valence-electron chi connectivity index (χ2n) is 2.91. The fourth-order valence-electron chi connectivity index (χ4n) is 0.785. The van der Waals surface area contributed by atoms with Crippen LogP contribution < -0.4 is 0 Å². The molecule has 0 bridgehead atoms. The zero-order valence-corrected chi connectivity index (χ0v) is 9.26. The van der Waals surface area contributed by atoms with Gasteiger partial charge in [0.15, 0.2) is 0 Å².